The molecule has 0 bridgehead atoms. The average Bonchev–Trinajstić information content (AvgIpc) is 3.11. The van der Waals surface area contributed by atoms with Crippen LogP contribution < -0.4 is 0 Å². The van der Waals surface area contributed by atoms with Crippen LogP contribution in [0.3, 0.4) is 0 Å². The molecule has 6 nitrogen and oxygen atoms in total. The Labute approximate surface area is 178 Å². The molecule has 0 unspecified atom stereocenters. The molecule has 0 aliphatic carbocycles. The third-order valence-electron chi connectivity index (χ3n) is 5.32. The quantitative estimate of drug-likeness (QED) is 0.530. The second-order valence-corrected chi connectivity index (χ2v) is 9.93. The highest BCUT2D eigenvalue weighted by atomic mass is 79.9. The molecule has 2 aromatic carbocycles. The lowest BCUT2D eigenvalue weighted by atomic mass is 10.1. The number of rotatable bonds is 5. The maximum atomic E-state index is 13.3. The summed E-state index contributed by atoms with van der Waals surface area (Å²) in [6.07, 6.45) is 1.47. The molecule has 0 N–H and O–H groups in total. The number of fused-ring (bicyclic) bond motifs is 1. The predicted octanol–water partition coefficient (Wildman–Crippen LogP) is 3.07. The molecule has 0 amide bonds. The van der Waals surface area contributed by atoms with Crippen LogP contribution in [-0.4, -0.2) is 67.7 Å². The highest BCUT2D eigenvalue weighted by Crippen LogP contribution is 2.29. The molecule has 1 aliphatic heterocycles. The number of hydrogen-bond donors (Lipinski definition) is 0. The van der Waals surface area contributed by atoms with Gasteiger partial charge in [0.25, 0.3) is 10.0 Å². The van der Waals surface area contributed by atoms with E-state index in [9.17, 15) is 13.2 Å². The zero-order chi connectivity index (χ0) is 20.6. The number of nitrogens with zero attached hydrogens (tertiary/aromatic N) is 3. The Balaban J connectivity index is 1.74. The average molecular weight is 476 g/mol. The molecule has 3 aromatic rings. The highest BCUT2D eigenvalue weighted by molar-refractivity contribution is 9.10. The van der Waals surface area contributed by atoms with Gasteiger partial charge in [0.1, 0.15) is 4.90 Å². The largest absolute Gasteiger partial charge is 0.304 e. The van der Waals surface area contributed by atoms with Crippen LogP contribution in [0, 0.1) is 0 Å². The molecule has 152 valence electrons. The molecule has 1 aliphatic rings. The van der Waals surface area contributed by atoms with E-state index in [1.165, 1.54) is 10.2 Å². The minimum absolute atomic E-state index is 0.0631. The van der Waals surface area contributed by atoms with E-state index in [0.717, 1.165) is 26.2 Å². The van der Waals surface area contributed by atoms with Crippen molar-refractivity contribution < 1.29 is 13.2 Å². The van der Waals surface area contributed by atoms with Crippen molar-refractivity contribution in [3.8, 4) is 0 Å². The van der Waals surface area contributed by atoms with Crippen molar-refractivity contribution in [1.29, 1.82) is 0 Å². The van der Waals surface area contributed by atoms with Gasteiger partial charge in [-0.25, -0.2) is 12.4 Å². The van der Waals surface area contributed by atoms with Gasteiger partial charge in [-0.3, -0.25) is 9.69 Å². The number of carbonyl (C=O) groups excluding carboxylic acids is 1. The lowest BCUT2D eigenvalue weighted by molar-refractivity contribution is 0.0878. The SMILES string of the molecule is CN1CCN(CC(=O)c2cn(S(=O)(=O)c3ccccc3Br)c3ccccc23)CC1. The maximum Gasteiger partial charge on any atom is 0.269 e. The number of para-hydroxylation sites is 1. The Kier molecular flexibility index (Phi) is 5.61. The minimum atomic E-state index is -3.85. The van der Waals surface area contributed by atoms with E-state index in [1.807, 2.05) is 6.07 Å². The van der Waals surface area contributed by atoms with Crippen molar-refractivity contribution in [3.05, 3.63) is 64.8 Å². The summed E-state index contributed by atoms with van der Waals surface area (Å²) >= 11 is 3.33. The summed E-state index contributed by atoms with van der Waals surface area (Å²) in [5.74, 6) is -0.0631. The number of aromatic nitrogens is 1. The van der Waals surface area contributed by atoms with E-state index in [2.05, 4.69) is 32.8 Å². The number of carbonyl (C=O) groups is 1. The number of benzene rings is 2. The number of Topliss-reactive ketones (excluding diaryl/α,β-unsaturated/α-hetero) is 1. The number of halogens is 1. The van der Waals surface area contributed by atoms with Gasteiger partial charge in [0.05, 0.1) is 12.1 Å². The Bertz CT molecular complexity index is 1160. The van der Waals surface area contributed by atoms with Crippen molar-refractivity contribution in [1.82, 2.24) is 13.8 Å². The van der Waals surface area contributed by atoms with Crippen molar-refractivity contribution >= 4 is 42.6 Å². The molecule has 0 saturated carbocycles. The summed E-state index contributed by atoms with van der Waals surface area (Å²) < 4.78 is 28.4. The highest BCUT2D eigenvalue weighted by Gasteiger charge is 2.26. The van der Waals surface area contributed by atoms with Crippen LogP contribution in [0.4, 0.5) is 0 Å². The van der Waals surface area contributed by atoms with Crippen molar-refractivity contribution in [2.75, 3.05) is 39.8 Å². The van der Waals surface area contributed by atoms with Gasteiger partial charge in [0.15, 0.2) is 5.78 Å². The molecule has 1 saturated heterocycles. The lowest BCUT2D eigenvalue weighted by Crippen LogP contribution is -2.46. The molecule has 0 atom stereocenters. The van der Waals surface area contributed by atoms with Gasteiger partial charge < -0.3 is 4.90 Å². The zero-order valence-electron chi connectivity index (χ0n) is 16.1. The van der Waals surface area contributed by atoms with Gasteiger partial charge in [0, 0.05) is 47.8 Å². The van der Waals surface area contributed by atoms with E-state index in [0.29, 0.717) is 20.9 Å². The van der Waals surface area contributed by atoms with Crippen LogP contribution in [0.15, 0.2) is 64.1 Å². The first-order valence-electron chi connectivity index (χ1n) is 9.42. The summed E-state index contributed by atoms with van der Waals surface area (Å²) in [6, 6.07) is 13.8. The summed E-state index contributed by atoms with van der Waals surface area (Å²) in [4.78, 5) is 17.6. The van der Waals surface area contributed by atoms with Gasteiger partial charge >= 0.3 is 0 Å². The summed E-state index contributed by atoms with van der Waals surface area (Å²) in [5.41, 5.74) is 0.945. The lowest BCUT2D eigenvalue weighted by Gasteiger charge is -2.31. The smallest absolute Gasteiger partial charge is 0.269 e. The van der Waals surface area contributed by atoms with E-state index >= 15 is 0 Å². The molecule has 0 radical (unpaired) electrons. The molecular formula is C21H22BrN3O3S. The molecule has 8 heteroatoms. The third-order valence-corrected chi connectivity index (χ3v) is 8.00. The molecule has 1 aromatic heterocycles. The molecule has 2 heterocycles. The third kappa shape index (κ3) is 3.90. The molecule has 1 fully saturated rings. The molecule has 4 rings (SSSR count). The van der Waals surface area contributed by atoms with E-state index in [1.54, 1.807) is 42.5 Å². The van der Waals surface area contributed by atoms with Crippen LogP contribution in [0.1, 0.15) is 10.4 Å². The van der Waals surface area contributed by atoms with Crippen LogP contribution in [0.25, 0.3) is 10.9 Å². The standard InChI is InChI=1S/C21H22BrN3O3S/c1-23-10-12-24(13-11-23)15-20(26)17-14-25(19-8-4-2-6-16(17)19)29(27,28)21-9-5-3-7-18(21)22/h2-9,14H,10-13,15H2,1H3. The van der Waals surface area contributed by atoms with Crippen molar-refractivity contribution in [3.63, 3.8) is 0 Å². The summed E-state index contributed by atoms with van der Waals surface area (Å²) in [7, 11) is -1.78. The first kappa shape index (κ1) is 20.3. The Morgan fingerprint density at radius 3 is 2.38 bits per heavy atom. The van der Waals surface area contributed by atoms with Crippen LogP contribution >= 0.6 is 15.9 Å². The Morgan fingerprint density at radius 1 is 1.00 bits per heavy atom. The Hall–Kier alpha value is -2.00. The number of likely N-dealkylation sites (N-methyl/N-ethyl adjacent to an activating group) is 1. The minimum Gasteiger partial charge on any atom is -0.304 e. The second kappa shape index (κ2) is 8.02. The monoisotopic (exact) mass is 475 g/mol. The fourth-order valence-corrected chi connectivity index (χ4v) is 5.96. The van der Waals surface area contributed by atoms with Gasteiger partial charge in [0.2, 0.25) is 0 Å². The van der Waals surface area contributed by atoms with Crippen molar-refractivity contribution in [2.45, 2.75) is 4.90 Å². The zero-order valence-corrected chi connectivity index (χ0v) is 18.5. The Morgan fingerprint density at radius 2 is 1.66 bits per heavy atom. The fraction of sp³-hybridized carbons (Fsp3) is 0.286. The normalized spacial score (nSPS) is 16.3. The number of ketones is 1. The topological polar surface area (TPSA) is 62.6 Å². The maximum absolute atomic E-state index is 13.3. The van der Waals surface area contributed by atoms with E-state index in [4.69, 9.17) is 0 Å². The van der Waals surface area contributed by atoms with Gasteiger partial charge in [-0.2, -0.15) is 0 Å². The second-order valence-electron chi connectivity index (χ2n) is 7.29. The predicted molar refractivity (Wildman–Crippen MR) is 117 cm³/mol. The van der Waals surface area contributed by atoms with E-state index in [-0.39, 0.29) is 17.2 Å². The molecule has 29 heavy (non-hydrogen) atoms. The molecular weight excluding hydrogens is 454 g/mol. The van der Waals surface area contributed by atoms with Gasteiger partial charge in [-0.1, -0.05) is 30.3 Å². The van der Waals surface area contributed by atoms with E-state index < -0.39 is 10.0 Å². The number of piperazine rings is 1. The van der Waals surface area contributed by atoms with Crippen LogP contribution in [0.2, 0.25) is 0 Å². The van der Waals surface area contributed by atoms with Crippen molar-refractivity contribution in [2.24, 2.45) is 0 Å². The van der Waals surface area contributed by atoms with Crippen LogP contribution in [-0.2, 0) is 10.0 Å². The van der Waals surface area contributed by atoms with Crippen LogP contribution in [0.5, 0.6) is 0 Å². The summed E-state index contributed by atoms with van der Waals surface area (Å²) in [5, 5.41) is 0.655. The summed E-state index contributed by atoms with van der Waals surface area (Å²) in [6.45, 7) is 3.79. The molecule has 0 spiro atoms. The number of hydrogen-bond acceptors (Lipinski definition) is 5. The fourth-order valence-electron chi connectivity index (χ4n) is 3.63. The first-order valence-corrected chi connectivity index (χ1v) is 11.7. The first-order chi connectivity index (χ1) is 13.9. The van der Waals surface area contributed by atoms with Gasteiger partial charge in [-0.05, 0) is 41.2 Å². The van der Waals surface area contributed by atoms with Gasteiger partial charge in [-0.15, -0.1) is 0 Å².